The smallest absolute Gasteiger partial charge is 0.171 e. The molecule has 0 saturated carbocycles. The van der Waals surface area contributed by atoms with Crippen molar-refractivity contribution in [1.82, 2.24) is 5.32 Å². The van der Waals surface area contributed by atoms with E-state index in [1.807, 2.05) is 20.8 Å². The molecule has 0 heterocycles. The van der Waals surface area contributed by atoms with Gasteiger partial charge in [-0.05, 0) is 57.3 Å². The van der Waals surface area contributed by atoms with Gasteiger partial charge in [0.1, 0.15) is 5.75 Å². The Morgan fingerprint density at radius 2 is 1.73 bits per heavy atom. The molecule has 1 rings (SSSR count). The second-order valence-corrected chi connectivity index (χ2v) is 4.78. The van der Waals surface area contributed by atoms with Crippen LogP contribution in [0.4, 0.5) is 5.69 Å². The second-order valence-electron chi connectivity index (χ2n) is 4.38. The molecule has 0 aliphatic carbocycles. The average Bonchev–Trinajstić information content (AvgIpc) is 2.05. The van der Waals surface area contributed by atoms with Gasteiger partial charge < -0.3 is 15.7 Å². The van der Waals surface area contributed by atoms with Crippen molar-refractivity contribution >= 4 is 23.0 Å². The highest BCUT2D eigenvalue weighted by molar-refractivity contribution is 7.80. The minimum Gasteiger partial charge on any atom is -0.508 e. The first kappa shape index (κ1) is 11.8. The van der Waals surface area contributed by atoms with E-state index in [9.17, 15) is 0 Å². The lowest BCUT2D eigenvalue weighted by Crippen LogP contribution is -2.42. The molecule has 0 unspecified atom stereocenters. The number of phenols is 1. The summed E-state index contributed by atoms with van der Waals surface area (Å²) in [5.41, 5.74) is 0.802. The average molecular weight is 224 g/mol. The van der Waals surface area contributed by atoms with Crippen molar-refractivity contribution in [3.63, 3.8) is 0 Å². The van der Waals surface area contributed by atoms with Gasteiger partial charge in [-0.1, -0.05) is 0 Å². The Kier molecular flexibility index (Phi) is 3.52. The molecule has 3 nitrogen and oxygen atoms in total. The molecule has 1 aromatic carbocycles. The zero-order chi connectivity index (χ0) is 11.5. The van der Waals surface area contributed by atoms with Gasteiger partial charge in [0.2, 0.25) is 0 Å². The van der Waals surface area contributed by atoms with Gasteiger partial charge in [0.05, 0.1) is 0 Å². The largest absolute Gasteiger partial charge is 0.508 e. The molecule has 0 radical (unpaired) electrons. The molecule has 0 spiro atoms. The highest BCUT2D eigenvalue weighted by atomic mass is 32.1. The molecule has 3 N–H and O–H groups in total. The number of phenolic OH excluding ortho intramolecular Hbond substituents is 1. The molecule has 1 aromatic rings. The topological polar surface area (TPSA) is 44.3 Å². The second kappa shape index (κ2) is 4.49. The van der Waals surface area contributed by atoms with E-state index in [4.69, 9.17) is 17.3 Å². The van der Waals surface area contributed by atoms with E-state index >= 15 is 0 Å². The number of anilines is 1. The number of nitrogens with one attached hydrogen (secondary N) is 2. The van der Waals surface area contributed by atoms with Crippen LogP contribution in [-0.4, -0.2) is 15.8 Å². The fourth-order valence-electron chi connectivity index (χ4n) is 1.05. The third-order valence-electron chi connectivity index (χ3n) is 1.61. The number of aromatic hydroxyl groups is 1. The van der Waals surface area contributed by atoms with Gasteiger partial charge in [-0.15, -0.1) is 0 Å². The number of thiocarbonyl (C=S) groups is 1. The lowest BCUT2D eigenvalue weighted by Gasteiger charge is -2.23. The van der Waals surface area contributed by atoms with E-state index in [1.165, 1.54) is 0 Å². The van der Waals surface area contributed by atoms with Crippen LogP contribution in [0.25, 0.3) is 0 Å². The lowest BCUT2D eigenvalue weighted by molar-refractivity contribution is 0.475. The van der Waals surface area contributed by atoms with Gasteiger partial charge in [0, 0.05) is 11.2 Å². The Hall–Kier alpha value is -1.29. The van der Waals surface area contributed by atoms with E-state index in [2.05, 4.69) is 10.6 Å². The van der Waals surface area contributed by atoms with E-state index in [1.54, 1.807) is 24.3 Å². The molecule has 0 amide bonds. The van der Waals surface area contributed by atoms with Crippen LogP contribution in [0.1, 0.15) is 20.8 Å². The number of hydrogen-bond donors (Lipinski definition) is 3. The Morgan fingerprint density at radius 1 is 1.20 bits per heavy atom. The van der Waals surface area contributed by atoms with Crippen molar-refractivity contribution in [2.75, 3.05) is 5.32 Å². The molecule has 0 fully saturated rings. The van der Waals surface area contributed by atoms with Crippen molar-refractivity contribution < 1.29 is 5.11 Å². The van der Waals surface area contributed by atoms with Gasteiger partial charge in [-0.25, -0.2) is 0 Å². The summed E-state index contributed by atoms with van der Waals surface area (Å²) in [6.07, 6.45) is 0. The predicted octanol–water partition coefficient (Wildman–Crippen LogP) is 2.48. The van der Waals surface area contributed by atoms with E-state index in [-0.39, 0.29) is 11.3 Å². The zero-order valence-electron chi connectivity index (χ0n) is 9.16. The Labute approximate surface area is 95.5 Å². The van der Waals surface area contributed by atoms with Crippen LogP contribution in [0.3, 0.4) is 0 Å². The summed E-state index contributed by atoms with van der Waals surface area (Å²) < 4.78 is 0. The molecule has 82 valence electrons. The molecule has 0 aromatic heterocycles. The predicted molar refractivity (Wildman–Crippen MR) is 67.2 cm³/mol. The first-order chi connectivity index (χ1) is 6.87. The maximum atomic E-state index is 9.10. The molecule has 0 aliphatic rings. The zero-order valence-corrected chi connectivity index (χ0v) is 9.98. The summed E-state index contributed by atoms with van der Waals surface area (Å²) in [7, 11) is 0. The number of rotatable bonds is 1. The fraction of sp³-hybridized carbons (Fsp3) is 0.364. The Bertz CT molecular complexity index is 341. The maximum Gasteiger partial charge on any atom is 0.171 e. The maximum absolute atomic E-state index is 9.10. The van der Waals surface area contributed by atoms with Crippen LogP contribution in [0, 0.1) is 0 Å². The molecule has 0 aliphatic heterocycles. The first-order valence-corrected chi connectivity index (χ1v) is 5.16. The summed E-state index contributed by atoms with van der Waals surface area (Å²) >= 11 is 5.13. The van der Waals surface area contributed by atoms with Crippen molar-refractivity contribution in [2.24, 2.45) is 0 Å². The minimum atomic E-state index is -0.0546. The molecule has 15 heavy (non-hydrogen) atoms. The van der Waals surface area contributed by atoms with Gasteiger partial charge >= 0.3 is 0 Å². The van der Waals surface area contributed by atoms with Gasteiger partial charge in [0.25, 0.3) is 0 Å². The van der Waals surface area contributed by atoms with Crippen LogP contribution in [0.15, 0.2) is 24.3 Å². The monoisotopic (exact) mass is 224 g/mol. The van der Waals surface area contributed by atoms with Crippen LogP contribution >= 0.6 is 12.2 Å². The lowest BCUT2D eigenvalue weighted by atomic mass is 10.1. The van der Waals surface area contributed by atoms with Crippen molar-refractivity contribution in [3.8, 4) is 5.75 Å². The summed E-state index contributed by atoms with van der Waals surface area (Å²) in [6.45, 7) is 6.12. The van der Waals surface area contributed by atoms with Gasteiger partial charge in [0.15, 0.2) is 5.11 Å². The standard InChI is InChI=1S/C11H16N2OS/c1-11(2,3)13-10(15)12-8-4-6-9(14)7-5-8/h4-7,14H,1-3H3,(H2,12,13,15). The van der Waals surface area contributed by atoms with Crippen LogP contribution in [-0.2, 0) is 0 Å². The summed E-state index contributed by atoms with van der Waals surface area (Å²) in [5.74, 6) is 0.246. The Morgan fingerprint density at radius 3 is 2.20 bits per heavy atom. The molecule has 4 heteroatoms. The van der Waals surface area contributed by atoms with Crippen LogP contribution in [0.2, 0.25) is 0 Å². The Balaban J connectivity index is 2.55. The van der Waals surface area contributed by atoms with E-state index in [0.717, 1.165) is 5.69 Å². The van der Waals surface area contributed by atoms with E-state index in [0.29, 0.717) is 5.11 Å². The van der Waals surface area contributed by atoms with Gasteiger partial charge in [-0.2, -0.15) is 0 Å². The van der Waals surface area contributed by atoms with Crippen molar-refractivity contribution in [2.45, 2.75) is 26.3 Å². The summed E-state index contributed by atoms with van der Waals surface area (Å²) in [4.78, 5) is 0. The third-order valence-corrected chi connectivity index (χ3v) is 1.82. The summed E-state index contributed by atoms with van der Waals surface area (Å²) in [5, 5.41) is 15.9. The molecule has 0 saturated heterocycles. The molecular weight excluding hydrogens is 208 g/mol. The fourth-order valence-corrected chi connectivity index (χ4v) is 1.47. The quantitative estimate of drug-likeness (QED) is 0.506. The summed E-state index contributed by atoms with van der Waals surface area (Å²) in [6, 6.07) is 6.77. The normalized spacial score (nSPS) is 10.9. The first-order valence-electron chi connectivity index (χ1n) is 4.75. The van der Waals surface area contributed by atoms with Crippen molar-refractivity contribution in [3.05, 3.63) is 24.3 Å². The minimum absolute atomic E-state index is 0.0546. The van der Waals surface area contributed by atoms with Gasteiger partial charge in [-0.3, -0.25) is 0 Å². The highest BCUT2D eigenvalue weighted by Crippen LogP contribution is 2.13. The van der Waals surface area contributed by atoms with E-state index < -0.39 is 0 Å². The van der Waals surface area contributed by atoms with Crippen molar-refractivity contribution in [1.29, 1.82) is 0 Å². The highest BCUT2D eigenvalue weighted by Gasteiger charge is 2.10. The SMILES string of the molecule is CC(C)(C)NC(=S)Nc1ccc(O)cc1. The number of benzene rings is 1. The molecule has 0 atom stereocenters. The molecule has 0 bridgehead atoms. The number of hydrogen-bond acceptors (Lipinski definition) is 2. The molecular formula is C11H16N2OS. The third kappa shape index (κ3) is 4.65. The van der Waals surface area contributed by atoms with Crippen LogP contribution < -0.4 is 10.6 Å². The van der Waals surface area contributed by atoms with Crippen LogP contribution in [0.5, 0.6) is 5.75 Å².